The molecule has 0 spiro atoms. The lowest BCUT2D eigenvalue weighted by Crippen LogP contribution is -2.43. The fourth-order valence-electron chi connectivity index (χ4n) is 1.52. The SMILES string of the molecule is COc1ccccc1CNC(C)(C)COC(C)=O. The Balaban J connectivity index is 2.55. The average Bonchev–Trinajstić information content (AvgIpc) is 2.34. The van der Waals surface area contributed by atoms with Crippen LogP contribution in [0, 0.1) is 0 Å². The third-order valence-corrected chi connectivity index (χ3v) is 2.59. The molecule has 0 bridgehead atoms. The van der Waals surface area contributed by atoms with Gasteiger partial charge in [-0.3, -0.25) is 4.79 Å². The maximum Gasteiger partial charge on any atom is 0.302 e. The van der Waals surface area contributed by atoms with Crippen LogP contribution >= 0.6 is 0 Å². The number of ether oxygens (including phenoxy) is 2. The molecule has 0 aliphatic rings. The van der Waals surface area contributed by atoms with Gasteiger partial charge in [-0.05, 0) is 19.9 Å². The summed E-state index contributed by atoms with van der Waals surface area (Å²) in [4.78, 5) is 10.8. The number of carbonyl (C=O) groups is 1. The van der Waals surface area contributed by atoms with E-state index in [9.17, 15) is 4.79 Å². The van der Waals surface area contributed by atoms with Crippen molar-refractivity contribution in [3.8, 4) is 5.75 Å². The van der Waals surface area contributed by atoms with Gasteiger partial charge in [0.25, 0.3) is 0 Å². The molecule has 4 nitrogen and oxygen atoms in total. The lowest BCUT2D eigenvalue weighted by atomic mass is 10.1. The van der Waals surface area contributed by atoms with Gasteiger partial charge >= 0.3 is 5.97 Å². The summed E-state index contributed by atoms with van der Waals surface area (Å²) in [7, 11) is 1.66. The molecule has 100 valence electrons. The van der Waals surface area contributed by atoms with Crippen molar-refractivity contribution in [2.75, 3.05) is 13.7 Å². The molecular weight excluding hydrogens is 230 g/mol. The maximum atomic E-state index is 10.8. The Morgan fingerprint density at radius 3 is 2.61 bits per heavy atom. The van der Waals surface area contributed by atoms with E-state index in [1.54, 1.807) is 7.11 Å². The lowest BCUT2D eigenvalue weighted by Gasteiger charge is -2.26. The summed E-state index contributed by atoms with van der Waals surface area (Å²) >= 11 is 0. The normalized spacial score (nSPS) is 11.1. The quantitative estimate of drug-likeness (QED) is 0.787. The van der Waals surface area contributed by atoms with Crippen LogP contribution in [0.2, 0.25) is 0 Å². The van der Waals surface area contributed by atoms with Crippen LogP contribution in [0.1, 0.15) is 26.3 Å². The fraction of sp³-hybridized carbons (Fsp3) is 0.500. The van der Waals surface area contributed by atoms with Crippen LogP contribution < -0.4 is 10.1 Å². The van der Waals surface area contributed by atoms with Gasteiger partial charge in [0, 0.05) is 24.6 Å². The second kappa shape index (κ2) is 6.40. The molecule has 0 fully saturated rings. The number of benzene rings is 1. The summed E-state index contributed by atoms with van der Waals surface area (Å²) in [6.45, 7) is 6.41. The molecule has 18 heavy (non-hydrogen) atoms. The minimum Gasteiger partial charge on any atom is -0.496 e. The van der Waals surface area contributed by atoms with Crippen LogP contribution in [0.3, 0.4) is 0 Å². The second-order valence-corrected chi connectivity index (χ2v) is 4.83. The van der Waals surface area contributed by atoms with Crippen LogP contribution in [0.4, 0.5) is 0 Å². The topological polar surface area (TPSA) is 47.6 Å². The third kappa shape index (κ3) is 4.75. The molecule has 0 amide bonds. The van der Waals surface area contributed by atoms with Gasteiger partial charge in [-0.1, -0.05) is 18.2 Å². The number of hydrogen-bond acceptors (Lipinski definition) is 4. The summed E-state index contributed by atoms with van der Waals surface area (Å²) in [5.41, 5.74) is 0.808. The molecule has 0 aliphatic heterocycles. The van der Waals surface area contributed by atoms with E-state index in [0.717, 1.165) is 11.3 Å². The van der Waals surface area contributed by atoms with E-state index in [1.807, 2.05) is 38.1 Å². The van der Waals surface area contributed by atoms with Crippen LogP contribution in [0.25, 0.3) is 0 Å². The van der Waals surface area contributed by atoms with Gasteiger partial charge in [0.1, 0.15) is 12.4 Å². The first-order valence-electron chi connectivity index (χ1n) is 5.95. The van der Waals surface area contributed by atoms with Crippen molar-refractivity contribution in [1.29, 1.82) is 0 Å². The first-order valence-corrected chi connectivity index (χ1v) is 5.95. The van der Waals surface area contributed by atoms with Crippen LogP contribution in [0.5, 0.6) is 5.75 Å². The predicted octanol–water partition coefficient (Wildman–Crippen LogP) is 2.13. The van der Waals surface area contributed by atoms with Crippen molar-refractivity contribution in [1.82, 2.24) is 5.32 Å². The summed E-state index contributed by atoms with van der Waals surface area (Å²) in [5, 5.41) is 3.35. The number of esters is 1. The number of nitrogens with one attached hydrogen (secondary N) is 1. The molecule has 0 radical (unpaired) electrons. The largest absolute Gasteiger partial charge is 0.496 e. The van der Waals surface area contributed by atoms with Crippen molar-refractivity contribution in [2.24, 2.45) is 0 Å². The van der Waals surface area contributed by atoms with Gasteiger partial charge in [0.05, 0.1) is 7.11 Å². The van der Waals surface area contributed by atoms with E-state index in [1.165, 1.54) is 6.92 Å². The molecule has 0 atom stereocenters. The highest BCUT2D eigenvalue weighted by Gasteiger charge is 2.19. The highest BCUT2D eigenvalue weighted by atomic mass is 16.5. The number of rotatable bonds is 6. The maximum absolute atomic E-state index is 10.8. The first kappa shape index (κ1) is 14.5. The summed E-state index contributed by atoms with van der Waals surface area (Å²) in [5.74, 6) is 0.593. The molecule has 1 rings (SSSR count). The molecule has 1 N–H and O–H groups in total. The number of carbonyl (C=O) groups excluding carboxylic acids is 1. The molecule has 0 saturated carbocycles. The highest BCUT2D eigenvalue weighted by molar-refractivity contribution is 5.65. The van der Waals surface area contributed by atoms with Gasteiger partial charge in [-0.2, -0.15) is 0 Å². The standard InChI is InChI=1S/C14H21NO3/c1-11(16)18-10-14(2,3)15-9-12-7-5-6-8-13(12)17-4/h5-8,15H,9-10H2,1-4H3. The molecule has 0 saturated heterocycles. The number of para-hydroxylation sites is 1. The molecule has 0 aliphatic carbocycles. The van der Waals surface area contributed by atoms with E-state index in [-0.39, 0.29) is 11.5 Å². The van der Waals surface area contributed by atoms with Crippen LogP contribution in [-0.2, 0) is 16.1 Å². The van der Waals surface area contributed by atoms with Gasteiger partial charge < -0.3 is 14.8 Å². The van der Waals surface area contributed by atoms with E-state index < -0.39 is 0 Å². The Morgan fingerprint density at radius 1 is 1.33 bits per heavy atom. The number of methoxy groups -OCH3 is 1. The highest BCUT2D eigenvalue weighted by Crippen LogP contribution is 2.18. The van der Waals surface area contributed by atoms with Gasteiger partial charge in [-0.25, -0.2) is 0 Å². The predicted molar refractivity (Wildman–Crippen MR) is 70.5 cm³/mol. The Morgan fingerprint density at radius 2 is 2.00 bits per heavy atom. The van der Waals surface area contributed by atoms with Crippen molar-refractivity contribution >= 4 is 5.97 Å². The molecule has 4 heteroatoms. The summed E-state index contributed by atoms with van der Waals surface area (Å²) < 4.78 is 10.3. The van der Waals surface area contributed by atoms with Gasteiger partial charge in [0.15, 0.2) is 0 Å². The van der Waals surface area contributed by atoms with Crippen molar-refractivity contribution in [2.45, 2.75) is 32.9 Å². The van der Waals surface area contributed by atoms with Crippen LogP contribution in [-0.4, -0.2) is 25.2 Å². The molecule has 0 unspecified atom stereocenters. The zero-order chi connectivity index (χ0) is 13.6. The van der Waals surface area contributed by atoms with E-state index in [0.29, 0.717) is 13.2 Å². The summed E-state index contributed by atoms with van der Waals surface area (Å²) in [6.07, 6.45) is 0. The van der Waals surface area contributed by atoms with Gasteiger partial charge in [-0.15, -0.1) is 0 Å². The first-order chi connectivity index (χ1) is 8.44. The second-order valence-electron chi connectivity index (χ2n) is 4.83. The molecule has 0 heterocycles. The van der Waals surface area contributed by atoms with E-state index in [4.69, 9.17) is 9.47 Å². The minimum atomic E-state index is -0.271. The van der Waals surface area contributed by atoms with Gasteiger partial charge in [0.2, 0.25) is 0 Å². The van der Waals surface area contributed by atoms with Crippen molar-refractivity contribution in [3.05, 3.63) is 29.8 Å². The van der Waals surface area contributed by atoms with E-state index >= 15 is 0 Å². The Kier molecular flexibility index (Phi) is 5.16. The van der Waals surface area contributed by atoms with Crippen LogP contribution in [0.15, 0.2) is 24.3 Å². The average molecular weight is 251 g/mol. The molecule has 1 aromatic rings. The third-order valence-electron chi connectivity index (χ3n) is 2.59. The monoisotopic (exact) mass is 251 g/mol. The lowest BCUT2D eigenvalue weighted by molar-refractivity contribution is -0.142. The van der Waals surface area contributed by atoms with Crippen molar-refractivity contribution in [3.63, 3.8) is 0 Å². The fourth-order valence-corrected chi connectivity index (χ4v) is 1.52. The van der Waals surface area contributed by atoms with E-state index in [2.05, 4.69) is 5.32 Å². The molecule has 1 aromatic carbocycles. The number of hydrogen-bond donors (Lipinski definition) is 1. The minimum absolute atomic E-state index is 0.262. The van der Waals surface area contributed by atoms with Crippen molar-refractivity contribution < 1.29 is 14.3 Å². The smallest absolute Gasteiger partial charge is 0.302 e. The Bertz CT molecular complexity index is 402. The molecular formula is C14H21NO3. The Hall–Kier alpha value is -1.55. The zero-order valence-corrected chi connectivity index (χ0v) is 11.4. The zero-order valence-electron chi connectivity index (χ0n) is 11.4. The Labute approximate surface area is 108 Å². The molecule has 0 aromatic heterocycles. The summed E-state index contributed by atoms with van der Waals surface area (Å²) in [6, 6.07) is 7.84.